The fourth-order valence-corrected chi connectivity index (χ4v) is 4.37. The molecule has 4 unspecified atom stereocenters. The third kappa shape index (κ3) is 3.80. The zero-order valence-electron chi connectivity index (χ0n) is 12.6. The quantitative estimate of drug-likeness (QED) is 0.893. The van der Waals surface area contributed by atoms with Gasteiger partial charge in [-0.1, -0.05) is 13.8 Å². The van der Waals surface area contributed by atoms with Crippen molar-refractivity contribution in [2.24, 2.45) is 17.6 Å². The van der Waals surface area contributed by atoms with E-state index in [2.05, 4.69) is 39.1 Å². The van der Waals surface area contributed by atoms with E-state index in [1.165, 1.54) is 29.7 Å². The highest BCUT2D eigenvalue weighted by Crippen LogP contribution is 2.36. The van der Waals surface area contributed by atoms with E-state index in [0.29, 0.717) is 6.10 Å². The van der Waals surface area contributed by atoms with Crippen LogP contribution in [-0.4, -0.2) is 12.1 Å². The molecule has 0 radical (unpaired) electrons. The summed E-state index contributed by atoms with van der Waals surface area (Å²) >= 11 is 1.77. The Morgan fingerprint density at radius 3 is 2.37 bits per heavy atom. The highest BCUT2D eigenvalue weighted by atomic mass is 32.1. The minimum atomic E-state index is 0.0462. The Hall–Kier alpha value is -0.380. The molecule has 0 bridgehead atoms. The maximum absolute atomic E-state index is 6.40. The zero-order chi connectivity index (χ0) is 14.0. The molecular weight excluding hydrogens is 254 g/mol. The second-order valence-corrected chi connectivity index (χ2v) is 7.37. The Kier molecular flexibility index (Phi) is 5.04. The van der Waals surface area contributed by atoms with Crippen LogP contribution in [0.25, 0.3) is 0 Å². The van der Waals surface area contributed by atoms with Crippen LogP contribution < -0.4 is 5.73 Å². The lowest BCUT2D eigenvalue weighted by atomic mass is 9.81. The van der Waals surface area contributed by atoms with Gasteiger partial charge in [-0.25, -0.2) is 0 Å². The number of ether oxygens (including phenoxy) is 1. The first-order valence-corrected chi connectivity index (χ1v) is 8.30. The van der Waals surface area contributed by atoms with Gasteiger partial charge in [-0.05, 0) is 62.0 Å². The minimum Gasteiger partial charge on any atom is -0.368 e. The van der Waals surface area contributed by atoms with Crippen molar-refractivity contribution in [1.29, 1.82) is 0 Å². The van der Waals surface area contributed by atoms with Crippen molar-refractivity contribution in [3.8, 4) is 0 Å². The molecule has 0 saturated heterocycles. The van der Waals surface area contributed by atoms with Crippen molar-refractivity contribution in [2.75, 3.05) is 0 Å². The summed E-state index contributed by atoms with van der Waals surface area (Å²) in [5, 5.41) is 2.13. The van der Waals surface area contributed by atoms with Crippen molar-refractivity contribution in [1.82, 2.24) is 0 Å². The largest absolute Gasteiger partial charge is 0.368 e. The van der Waals surface area contributed by atoms with Crippen molar-refractivity contribution in [3.05, 3.63) is 21.9 Å². The molecule has 4 atom stereocenters. The molecule has 2 rings (SSSR count). The minimum absolute atomic E-state index is 0.0462. The van der Waals surface area contributed by atoms with Gasteiger partial charge in [-0.3, -0.25) is 0 Å². The van der Waals surface area contributed by atoms with E-state index in [9.17, 15) is 0 Å². The first kappa shape index (κ1) is 15.0. The standard InChI is InChI=1S/C16H27NOS/c1-10-7-11(2)9-14(8-10)18-15(13(4)17)16-12(3)5-6-19-16/h5-6,10-11,13-15H,7-9,17H2,1-4H3. The van der Waals surface area contributed by atoms with Gasteiger partial charge in [0.05, 0.1) is 6.10 Å². The molecule has 1 aromatic heterocycles. The van der Waals surface area contributed by atoms with Crippen molar-refractivity contribution >= 4 is 11.3 Å². The topological polar surface area (TPSA) is 35.2 Å². The molecule has 1 aliphatic rings. The molecule has 0 amide bonds. The number of hydrogen-bond donors (Lipinski definition) is 1. The summed E-state index contributed by atoms with van der Waals surface area (Å²) < 4.78 is 6.40. The predicted molar refractivity (Wildman–Crippen MR) is 82.5 cm³/mol. The molecule has 1 fully saturated rings. The van der Waals surface area contributed by atoms with Gasteiger partial charge in [0.1, 0.15) is 6.10 Å². The van der Waals surface area contributed by atoms with Gasteiger partial charge >= 0.3 is 0 Å². The van der Waals surface area contributed by atoms with Crippen molar-refractivity contribution in [2.45, 2.75) is 65.2 Å². The van der Waals surface area contributed by atoms with E-state index < -0.39 is 0 Å². The van der Waals surface area contributed by atoms with Gasteiger partial charge in [-0.15, -0.1) is 11.3 Å². The zero-order valence-corrected chi connectivity index (χ0v) is 13.4. The molecule has 0 aromatic carbocycles. The monoisotopic (exact) mass is 281 g/mol. The van der Waals surface area contributed by atoms with E-state index in [1.807, 2.05) is 0 Å². The smallest absolute Gasteiger partial charge is 0.107 e. The molecule has 0 aliphatic heterocycles. The third-order valence-electron chi connectivity index (χ3n) is 4.11. The van der Waals surface area contributed by atoms with Crippen LogP contribution in [0.5, 0.6) is 0 Å². The first-order valence-electron chi connectivity index (χ1n) is 7.42. The molecule has 108 valence electrons. The highest BCUT2D eigenvalue weighted by molar-refractivity contribution is 7.10. The number of thiophene rings is 1. The SMILES string of the molecule is Cc1ccsc1C(OC1CC(C)CC(C)C1)C(C)N. The Bertz CT molecular complexity index is 391. The Labute approximate surface area is 121 Å². The molecular formula is C16H27NOS. The second-order valence-electron chi connectivity index (χ2n) is 6.42. The average Bonchev–Trinajstić information content (AvgIpc) is 2.70. The lowest BCUT2D eigenvalue weighted by Crippen LogP contribution is -2.33. The van der Waals surface area contributed by atoms with Gasteiger partial charge in [0.15, 0.2) is 0 Å². The lowest BCUT2D eigenvalue weighted by Gasteiger charge is -2.35. The maximum Gasteiger partial charge on any atom is 0.107 e. The molecule has 2 N–H and O–H groups in total. The normalized spacial score (nSPS) is 31.1. The summed E-state index contributed by atoms with van der Waals surface area (Å²) in [6.07, 6.45) is 4.12. The van der Waals surface area contributed by atoms with E-state index in [1.54, 1.807) is 11.3 Å². The molecule has 1 heterocycles. The van der Waals surface area contributed by atoms with Crippen LogP contribution in [0, 0.1) is 18.8 Å². The summed E-state index contributed by atoms with van der Waals surface area (Å²) in [6.45, 7) is 8.88. The maximum atomic E-state index is 6.40. The van der Waals surface area contributed by atoms with Crippen molar-refractivity contribution in [3.63, 3.8) is 0 Å². The Balaban J connectivity index is 2.07. The fourth-order valence-electron chi connectivity index (χ4n) is 3.29. The molecule has 1 aromatic rings. The van der Waals surface area contributed by atoms with Gasteiger partial charge in [0.25, 0.3) is 0 Å². The molecule has 1 aliphatic carbocycles. The van der Waals surface area contributed by atoms with E-state index >= 15 is 0 Å². The predicted octanol–water partition coefficient (Wildman–Crippen LogP) is 4.29. The number of hydrogen-bond acceptors (Lipinski definition) is 3. The van der Waals surface area contributed by atoms with Gasteiger partial charge in [0.2, 0.25) is 0 Å². The summed E-state index contributed by atoms with van der Waals surface area (Å²) in [6, 6.07) is 2.20. The van der Waals surface area contributed by atoms with Crippen LogP contribution in [0.3, 0.4) is 0 Å². The van der Waals surface area contributed by atoms with Crippen LogP contribution in [0.15, 0.2) is 11.4 Å². The number of aryl methyl sites for hydroxylation is 1. The Morgan fingerprint density at radius 2 is 1.89 bits per heavy atom. The van der Waals surface area contributed by atoms with E-state index in [0.717, 1.165) is 11.8 Å². The molecule has 0 spiro atoms. The second kappa shape index (κ2) is 6.38. The van der Waals surface area contributed by atoms with Gasteiger partial charge < -0.3 is 10.5 Å². The van der Waals surface area contributed by atoms with Crippen LogP contribution in [-0.2, 0) is 4.74 Å². The summed E-state index contributed by atoms with van der Waals surface area (Å²) in [4.78, 5) is 1.31. The van der Waals surface area contributed by atoms with Crippen LogP contribution >= 0.6 is 11.3 Å². The van der Waals surface area contributed by atoms with Gasteiger partial charge in [-0.2, -0.15) is 0 Å². The number of rotatable bonds is 4. The molecule has 3 heteroatoms. The molecule has 1 saturated carbocycles. The third-order valence-corrected chi connectivity index (χ3v) is 5.19. The lowest BCUT2D eigenvalue weighted by molar-refractivity contribution is -0.0572. The Morgan fingerprint density at radius 1 is 1.26 bits per heavy atom. The van der Waals surface area contributed by atoms with E-state index in [-0.39, 0.29) is 12.1 Å². The summed E-state index contributed by atoms with van der Waals surface area (Å²) in [7, 11) is 0. The highest BCUT2D eigenvalue weighted by Gasteiger charge is 2.29. The summed E-state index contributed by atoms with van der Waals surface area (Å²) in [5.41, 5.74) is 7.47. The molecule has 19 heavy (non-hydrogen) atoms. The van der Waals surface area contributed by atoms with Crippen LogP contribution in [0.2, 0.25) is 0 Å². The van der Waals surface area contributed by atoms with E-state index in [4.69, 9.17) is 10.5 Å². The summed E-state index contributed by atoms with van der Waals surface area (Å²) in [5.74, 6) is 1.54. The van der Waals surface area contributed by atoms with Crippen molar-refractivity contribution < 1.29 is 4.74 Å². The van der Waals surface area contributed by atoms with Crippen LogP contribution in [0.1, 0.15) is 56.6 Å². The average molecular weight is 281 g/mol. The fraction of sp³-hybridized carbons (Fsp3) is 0.750. The van der Waals surface area contributed by atoms with Crippen LogP contribution in [0.4, 0.5) is 0 Å². The van der Waals surface area contributed by atoms with Gasteiger partial charge in [0, 0.05) is 10.9 Å². The number of nitrogens with two attached hydrogens (primary N) is 1. The first-order chi connectivity index (χ1) is 8.97. The molecule has 2 nitrogen and oxygen atoms in total.